The monoisotopic (exact) mass is 510 g/mol. The topological polar surface area (TPSA) is 122 Å². The molecule has 0 unspecified atom stereocenters. The van der Waals surface area contributed by atoms with Crippen LogP contribution in [0.15, 0.2) is 71.4 Å². The van der Waals surface area contributed by atoms with E-state index in [0.717, 1.165) is 29.0 Å². The van der Waals surface area contributed by atoms with Crippen LogP contribution in [0.2, 0.25) is 0 Å². The van der Waals surface area contributed by atoms with Gasteiger partial charge in [-0.1, -0.05) is 17.3 Å². The molecule has 0 radical (unpaired) electrons. The highest BCUT2D eigenvalue weighted by molar-refractivity contribution is 6.12. The van der Waals surface area contributed by atoms with Gasteiger partial charge in [0.15, 0.2) is 11.5 Å². The van der Waals surface area contributed by atoms with Crippen LogP contribution in [0.5, 0.6) is 23.0 Å². The number of aryl methyl sites for hydroxylation is 1. The molecule has 9 nitrogen and oxygen atoms in total. The molecule has 0 aliphatic heterocycles. The highest BCUT2D eigenvalue weighted by Crippen LogP contribution is 2.39. The summed E-state index contributed by atoms with van der Waals surface area (Å²) in [7, 11) is 1.60. The van der Waals surface area contributed by atoms with E-state index in [1.807, 2.05) is 42.5 Å². The molecule has 0 bridgehead atoms. The highest BCUT2D eigenvalue weighted by atomic mass is 16.5. The number of fused-ring (bicyclic) bond motifs is 2. The van der Waals surface area contributed by atoms with E-state index in [9.17, 15) is 4.79 Å². The number of ether oxygens (including phenoxy) is 3. The van der Waals surface area contributed by atoms with Crippen LogP contribution in [-0.4, -0.2) is 35.3 Å². The molecule has 3 aromatic carbocycles. The number of benzene rings is 3. The van der Waals surface area contributed by atoms with Gasteiger partial charge in [0.2, 0.25) is 5.88 Å². The molecular weight excluding hydrogens is 484 g/mol. The van der Waals surface area contributed by atoms with Crippen molar-refractivity contribution in [3.63, 3.8) is 0 Å². The predicted octanol–water partition coefficient (Wildman–Crippen LogP) is 5.61. The number of methoxy groups -OCH3 is 1. The van der Waals surface area contributed by atoms with Crippen molar-refractivity contribution in [1.82, 2.24) is 10.1 Å². The normalized spacial score (nSPS) is 13.9. The average Bonchev–Trinajstić information content (AvgIpc) is 3.53. The minimum atomic E-state index is -0.284. The Labute approximate surface area is 218 Å². The lowest BCUT2D eigenvalue weighted by atomic mass is 10.0. The van der Waals surface area contributed by atoms with Gasteiger partial charge in [-0.2, -0.15) is 0 Å². The molecular formula is C29H26N4O5. The lowest BCUT2D eigenvalue weighted by Gasteiger charge is -2.16. The lowest BCUT2D eigenvalue weighted by molar-refractivity contribution is 0.102. The number of aromatic nitrogens is 2. The van der Waals surface area contributed by atoms with Crippen LogP contribution in [0.1, 0.15) is 28.9 Å². The van der Waals surface area contributed by atoms with Gasteiger partial charge in [-0.05, 0) is 66.9 Å². The summed E-state index contributed by atoms with van der Waals surface area (Å²) in [6.45, 7) is 2.22. The Balaban J connectivity index is 1.28. The fraction of sp³-hybridized carbons (Fsp3) is 0.207. The zero-order valence-corrected chi connectivity index (χ0v) is 21.0. The molecule has 1 aliphatic carbocycles. The largest absolute Gasteiger partial charge is 0.493 e. The first-order valence-corrected chi connectivity index (χ1v) is 12.2. The summed E-state index contributed by atoms with van der Waals surface area (Å²) in [5.74, 6) is 2.42. The van der Waals surface area contributed by atoms with Crippen LogP contribution in [0.25, 0.3) is 21.7 Å². The summed E-state index contributed by atoms with van der Waals surface area (Å²) in [6.07, 6.45) is 3.60. The number of nitrogens with two attached hydrogens (primary N) is 1. The number of anilines is 1. The first kappa shape index (κ1) is 23.7. The third kappa shape index (κ3) is 4.71. The zero-order valence-electron chi connectivity index (χ0n) is 21.0. The van der Waals surface area contributed by atoms with Crippen LogP contribution in [0, 0.1) is 6.92 Å². The van der Waals surface area contributed by atoms with Gasteiger partial charge in [0.25, 0.3) is 5.91 Å². The second-order valence-corrected chi connectivity index (χ2v) is 9.56. The Bertz CT molecular complexity index is 1680. The smallest absolute Gasteiger partial charge is 0.258 e. The lowest BCUT2D eigenvalue weighted by Crippen LogP contribution is -2.29. The van der Waals surface area contributed by atoms with Crippen LogP contribution < -0.4 is 25.3 Å². The van der Waals surface area contributed by atoms with Crippen molar-refractivity contribution in [2.24, 2.45) is 5.73 Å². The minimum absolute atomic E-state index is 0.246. The van der Waals surface area contributed by atoms with Gasteiger partial charge >= 0.3 is 0 Å². The van der Waals surface area contributed by atoms with E-state index < -0.39 is 0 Å². The molecule has 1 fully saturated rings. The molecule has 1 aliphatic rings. The quantitative estimate of drug-likeness (QED) is 0.276. The average molecular weight is 511 g/mol. The maximum atomic E-state index is 12.9. The zero-order chi connectivity index (χ0) is 26.3. The van der Waals surface area contributed by atoms with Crippen LogP contribution >= 0.6 is 0 Å². The molecule has 0 atom stereocenters. The first-order chi connectivity index (χ1) is 18.4. The van der Waals surface area contributed by atoms with E-state index in [4.69, 9.17) is 24.5 Å². The Hall–Kier alpha value is -4.63. The molecule has 0 spiro atoms. The van der Waals surface area contributed by atoms with E-state index in [1.54, 1.807) is 38.4 Å². The molecule has 192 valence electrons. The number of amides is 1. The Morgan fingerprint density at radius 3 is 2.68 bits per heavy atom. The second-order valence-electron chi connectivity index (χ2n) is 9.56. The molecule has 3 N–H and O–H groups in total. The summed E-state index contributed by atoms with van der Waals surface area (Å²) >= 11 is 0. The van der Waals surface area contributed by atoms with Gasteiger partial charge in [-0.25, -0.2) is 0 Å². The van der Waals surface area contributed by atoms with Gasteiger partial charge in [0.05, 0.1) is 23.9 Å². The number of carbonyl (C=O) groups is 1. The number of nitrogens with one attached hydrogen (secondary N) is 1. The van der Waals surface area contributed by atoms with Gasteiger partial charge in [-0.15, -0.1) is 0 Å². The van der Waals surface area contributed by atoms with Gasteiger partial charge in [-0.3, -0.25) is 15.1 Å². The molecule has 1 amide bonds. The van der Waals surface area contributed by atoms with E-state index in [0.29, 0.717) is 52.3 Å². The number of hydrogen-bond acceptors (Lipinski definition) is 8. The number of pyridine rings is 1. The van der Waals surface area contributed by atoms with E-state index in [-0.39, 0.29) is 11.4 Å². The fourth-order valence-electron chi connectivity index (χ4n) is 4.27. The van der Waals surface area contributed by atoms with Crippen molar-refractivity contribution in [3.8, 4) is 23.0 Å². The summed E-state index contributed by atoms with van der Waals surface area (Å²) in [4.78, 5) is 17.4. The van der Waals surface area contributed by atoms with E-state index in [2.05, 4.69) is 15.5 Å². The summed E-state index contributed by atoms with van der Waals surface area (Å²) in [6, 6.07) is 18.3. The van der Waals surface area contributed by atoms with E-state index >= 15 is 0 Å². The van der Waals surface area contributed by atoms with Crippen LogP contribution in [0.3, 0.4) is 0 Å². The maximum Gasteiger partial charge on any atom is 0.258 e. The number of carbonyl (C=O) groups excluding carboxylic acids is 1. The molecule has 9 heteroatoms. The number of hydrogen-bond donors (Lipinski definition) is 2. The van der Waals surface area contributed by atoms with Crippen LogP contribution in [-0.2, 0) is 0 Å². The molecule has 6 rings (SSSR count). The Kier molecular flexibility index (Phi) is 5.84. The van der Waals surface area contributed by atoms with Crippen LogP contribution in [0.4, 0.5) is 5.88 Å². The van der Waals surface area contributed by atoms with Gasteiger partial charge in [0.1, 0.15) is 18.1 Å². The summed E-state index contributed by atoms with van der Waals surface area (Å²) in [5.41, 5.74) is 7.85. The fourth-order valence-corrected chi connectivity index (χ4v) is 4.27. The third-order valence-corrected chi connectivity index (χ3v) is 6.58. The van der Waals surface area contributed by atoms with Gasteiger partial charge < -0.3 is 24.5 Å². The highest BCUT2D eigenvalue weighted by Gasteiger charge is 2.39. The van der Waals surface area contributed by atoms with Crippen molar-refractivity contribution >= 4 is 33.5 Å². The minimum Gasteiger partial charge on any atom is -0.493 e. The molecule has 2 heterocycles. The molecule has 0 saturated heterocycles. The SMILES string of the molecule is COc1cc2c(Oc3ccc4c(C(=O)Nc5cc(C)no5)cccc4c3)ccnc2cc1OCC1(N)CC1. The summed E-state index contributed by atoms with van der Waals surface area (Å²) in [5, 5.41) is 8.97. The predicted molar refractivity (Wildman–Crippen MR) is 143 cm³/mol. The third-order valence-electron chi connectivity index (χ3n) is 6.58. The van der Waals surface area contributed by atoms with Crippen molar-refractivity contribution in [2.45, 2.75) is 25.3 Å². The van der Waals surface area contributed by atoms with Crippen molar-refractivity contribution in [1.29, 1.82) is 0 Å². The second kappa shape index (κ2) is 9.35. The molecule has 1 saturated carbocycles. The molecule has 38 heavy (non-hydrogen) atoms. The van der Waals surface area contributed by atoms with Gasteiger partial charge in [0, 0.05) is 29.3 Å². The Morgan fingerprint density at radius 1 is 1.05 bits per heavy atom. The molecule has 5 aromatic rings. The van der Waals surface area contributed by atoms with E-state index in [1.165, 1.54) is 0 Å². The molecule has 2 aromatic heterocycles. The Morgan fingerprint density at radius 2 is 1.92 bits per heavy atom. The van der Waals surface area contributed by atoms with Crippen molar-refractivity contribution < 1.29 is 23.5 Å². The standard InChI is InChI=1S/C29H26N4O5/c1-17-12-27(38-33-17)32-28(34)21-5-3-4-18-13-19(6-7-20(18)21)37-24-8-11-31-23-15-26(25(35-2)14-22(23)24)36-16-29(30)9-10-29/h3-8,11-15H,9-10,16,30H2,1-2H3,(H,32,34). The summed E-state index contributed by atoms with van der Waals surface area (Å²) < 4.78 is 22.9. The number of nitrogens with zero attached hydrogens (tertiary/aromatic N) is 2. The van der Waals surface area contributed by atoms with Crippen molar-refractivity contribution in [3.05, 3.63) is 78.1 Å². The maximum absolute atomic E-state index is 12.9. The van der Waals surface area contributed by atoms with Crippen molar-refractivity contribution in [2.75, 3.05) is 19.0 Å². The number of rotatable bonds is 8. The first-order valence-electron chi connectivity index (χ1n) is 12.2.